The van der Waals surface area contributed by atoms with Crippen molar-refractivity contribution in [3.8, 4) is 5.75 Å². The summed E-state index contributed by atoms with van der Waals surface area (Å²) < 4.78 is 5.31. The van der Waals surface area contributed by atoms with Crippen molar-refractivity contribution in [2.24, 2.45) is 5.41 Å². The Bertz CT molecular complexity index is 499. The molecule has 2 fully saturated rings. The maximum Gasteiger partial charge on any atom is 0.257 e. The highest BCUT2D eigenvalue weighted by Crippen LogP contribution is 2.39. The third kappa shape index (κ3) is 2.91. The molecular formula is C17H24N2O2. The van der Waals surface area contributed by atoms with Gasteiger partial charge in [-0.2, -0.15) is 0 Å². The van der Waals surface area contributed by atoms with E-state index in [0.29, 0.717) is 16.7 Å². The van der Waals surface area contributed by atoms with Crippen LogP contribution >= 0.6 is 0 Å². The highest BCUT2D eigenvalue weighted by Gasteiger charge is 2.37. The number of amides is 1. The fourth-order valence-electron chi connectivity index (χ4n) is 3.63. The number of piperidine rings is 2. The van der Waals surface area contributed by atoms with Gasteiger partial charge >= 0.3 is 0 Å². The molecule has 0 aliphatic carbocycles. The molecule has 114 valence electrons. The number of benzene rings is 1. The first-order valence-corrected chi connectivity index (χ1v) is 7.87. The topological polar surface area (TPSA) is 41.6 Å². The SMILES string of the molecule is COc1ccccc1C(=O)N1CCC2(CCNCC2)CC1. The quantitative estimate of drug-likeness (QED) is 0.908. The lowest BCUT2D eigenvalue weighted by Crippen LogP contribution is -2.47. The molecule has 2 saturated heterocycles. The lowest BCUT2D eigenvalue weighted by Gasteiger charge is -2.44. The number of hydrogen-bond acceptors (Lipinski definition) is 3. The lowest BCUT2D eigenvalue weighted by atomic mass is 9.71. The molecule has 2 heterocycles. The van der Waals surface area contributed by atoms with Crippen LogP contribution < -0.4 is 10.1 Å². The summed E-state index contributed by atoms with van der Waals surface area (Å²) in [6.07, 6.45) is 4.78. The number of likely N-dealkylation sites (tertiary alicyclic amines) is 1. The Balaban J connectivity index is 1.67. The summed E-state index contributed by atoms with van der Waals surface area (Å²) in [7, 11) is 1.62. The molecule has 1 aromatic carbocycles. The summed E-state index contributed by atoms with van der Waals surface area (Å²) in [5.41, 5.74) is 1.16. The first-order valence-electron chi connectivity index (χ1n) is 7.87. The second kappa shape index (κ2) is 6.06. The van der Waals surface area contributed by atoms with Gasteiger partial charge in [-0.1, -0.05) is 12.1 Å². The summed E-state index contributed by atoms with van der Waals surface area (Å²) >= 11 is 0. The largest absolute Gasteiger partial charge is 0.496 e. The average Bonchev–Trinajstić information content (AvgIpc) is 2.56. The zero-order valence-electron chi connectivity index (χ0n) is 12.7. The van der Waals surface area contributed by atoms with Gasteiger partial charge in [0.1, 0.15) is 5.75 Å². The number of methoxy groups -OCH3 is 1. The van der Waals surface area contributed by atoms with Crippen molar-refractivity contribution in [3.63, 3.8) is 0 Å². The van der Waals surface area contributed by atoms with E-state index in [4.69, 9.17) is 4.74 Å². The van der Waals surface area contributed by atoms with Crippen molar-refractivity contribution >= 4 is 5.91 Å². The van der Waals surface area contributed by atoms with E-state index in [1.165, 1.54) is 12.8 Å². The summed E-state index contributed by atoms with van der Waals surface area (Å²) in [6.45, 7) is 3.99. The normalized spacial score (nSPS) is 21.3. The zero-order valence-corrected chi connectivity index (χ0v) is 12.7. The zero-order chi connectivity index (χ0) is 14.7. The van der Waals surface area contributed by atoms with Gasteiger partial charge in [-0.05, 0) is 56.3 Å². The Labute approximate surface area is 126 Å². The highest BCUT2D eigenvalue weighted by atomic mass is 16.5. The van der Waals surface area contributed by atoms with Gasteiger partial charge in [0.2, 0.25) is 0 Å². The van der Waals surface area contributed by atoms with E-state index in [2.05, 4.69) is 5.32 Å². The van der Waals surface area contributed by atoms with Crippen molar-refractivity contribution in [1.82, 2.24) is 10.2 Å². The van der Waals surface area contributed by atoms with E-state index in [1.807, 2.05) is 29.2 Å². The maximum absolute atomic E-state index is 12.7. The van der Waals surface area contributed by atoms with Crippen LogP contribution in [-0.2, 0) is 0 Å². The van der Waals surface area contributed by atoms with Gasteiger partial charge in [0.15, 0.2) is 0 Å². The molecule has 0 aromatic heterocycles. The number of carbonyl (C=O) groups is 1. The summed E-state index contributed by atoms with van der Waals surface area (Å²) in [5, 5.41) is 3.43. The minimum absolute atomic E-state index is 0.108. The third-order valence-electron chi connectivity index (χ3n) is 5.11. The molecule has 0 atom stereocenters. The smallest absolute Gasteiger partial charge is 0.257 e. The highest BCUT2D eigenvalue weighted by molar-refractivity contribution is 5.97. The van der Waals surface area contributed by atoms with Gasteiger partial charge in [-0.3, -0.25) is 4.79 Å². The molecule has 0 saturated carbocycles. The summed E-state index contributed by atoms with van der Waals surface area (Å²) in [4.78, 5) is 14.7. The summed E-state index contributed by atoms with van der Waals surface area (Å²) in [6, 6.07) is 7.51. The Kier molecular flexibility index (Phi) is 4.15. The number of carbonyl (C=O) groups excluding carboxylic acids is 1. The van der Waals surface area contributed by atoms with Crippen LogP contribution in [0.1, 0.15) is 36.0 Å². The molecule has 1 aromatic rings. The molecule has 0 unspecified atom stereocenters. The lowest BCUT2D eigenvalue weighted by molar-refractivity contribution is 0.0493. The molecule has 2 aliphatic heterocycles. The third-order valence-corrected chi connectivity index (χ3v) is 5.11. The Hall–Kier alpha value is -1.55. The minimum Gasteiger partial charge on any atom is -0.496 e. The number of nitrogens with one attached hydrogen (secondary N) is 1. The molecule has 4 nitrogen and oxygen atoms in total. The van der Waals surface area contributed by atoms with Gasteiger partial charge in [0, 0.05) is 13.1 Å². The van der Waals surface area contributed by atoms with Crippen molar-refractivity contribution in [1.29, 1.82) is 0 Å². The molecule has 21 heavy (non-hydrogen) atoms. The van der Waals surface area contributed by atoms with Crippen LogP contribution in [0.2, 0.25) is 0 Å². The van der Waals surface area contributed by atoms with Crippen molar-refractivity contribution < 1.29 is 9.53 Å². The first kappa shape index (κ1) is 14.4. The predicted octanol–water partition coefficient (Wildman–Crippen LogP) is 2.30. The van der Waals surface area contributed by atoms with Crippen LogP contribution in [0.4, 0.5) is 0 Å². The molecule has 3 rings (SSSR count). The Morgan fingerprint density at radius 2 is 1.81 bits per heavy atom. The molecule has 0 bridgehead atoms. The van der Waals surface area contributed by atoms with Gasteiger partial charge < -0.3 is 15.0 Å². The van der Waals surface area contributed by atoms with Crippen molar-refractivity contribution in [3.05, 3.63) is 29.8 Å². The van der Waals surface area contributed by atoms with E-state index in [1.54, 1.807) is 7.11 Å². The van der Waals surface area contributed by atoms with E-state index >= 15 is 0 Å². The maximum atomic E-state index is 12.7. The van der Waals surface area contributed by atoms with E-state index in [0.717, 1.165) is 39.0 Å². The molecule has 1 amide bonds. The standard InChI is InChI=1S/C17H24N2O2/c1-21-15-5-3-2-4-14(15)16(20)19-12-8-17(9-13-19)6-10-18-11-7-17/h2-5,18H,6-13H2,1H3. The summed E-state index contributed by atoms with van der Waals surface area (Å²) in [5.74, 6) is 0.779. The molecule has 2 aliphatic rings. The van der Waals surface area contributed by atoms with Crippen LogP contribution in [0.25, 0.3) is 0 Å². The molecular weight excluding hydrogens is 264 g/mol. The fraction of sp³-hybridized carbons (Fsp3) is 0.588. The van der Waals surface area contributed by atoms with Crippen LogP contribution in [0.15, 0.2) is 24.3 Å². The Morgan fingerprint density at radius 3 is 2.48 bits per heavy atom. The second-order valence-corrected chi connectivity index (χ2v) is 6.24. The van der Waals surface area contributed by atoms with Gasteiger partial charge in [-0.25, -0.2) is 0 Å². The van der Waals surface area contributed by atoms with E-state index in [-0.39, 0.29) is 5.91 Å². The van der Waals surface area contributed by atoms with Crippen LogP contribution in [-0.4, -0.2) is 44.1 Å². The van der Waals surface area contributed by atoms with Gasteiger partial charge in [-0.15, -0.1) is 0 Å². The van der Waals surface area contributed by atoms with Gasteiger partial charge in [0.05, 0.1) is 12.7 Å². The number of nitrogens with zero attached hydrogens (tertiary/aromatic N) is 1. The molecule has 1 spiro atoms. The second-order valence-electron chi connectivity index (χ2n) is 6.24. The fourth-order valence-corrected chi connectivity index (χ4v) is 3.63. The number of ether oxygens (including phenoxy) is 1. The number of rotatable bonds is 2. The van der Waals surface area contributed by atoms with Crippen molar-refractivity contribution in [2.45, 2.75) is 25.7 Å². The van der Waals surface area contributed by atoms with Crippen LogP contribution in [0.5, 0.6) is 5.75 Å². The van der Waals surface area contributed by atoms with Crippen LogP contribution in [0.3, 0.4) is 0 Å². The Morgan fingerprint density at radius 1 is 1.14 bits per heavy atom. The van der Waals surface area contributed by atoms with E-state index in [9.17, 15) is 4.79 Å². The molecule has 1 N–H and O–H groups in total. The molecule has 0 radical (unpaired) electrons. The monoisotopic (exact) mass is 288 g/mol. The van der Waals surface area contributed by atoms with E-state index < -0.39 is 0 Å². The predicted molar refractivity (Wildman–Crippen MR) is 82.7 cm³/mol. The van der Waals surface area contributed by atoms with Crippen molar-refractivity contribution in [2.75, 3.05) is 33.3 Å². The number of para-hydroxylation sites is 1. The number of hydrogen-bond donors (Lipinski definition) is 1. The minimum atomic E-state index is 0.108. The first-order chi connectivity index (χ1) is 10.2. The average molecular weight is 288 g/mol. The van der Waals surface area contributed by atoms with Gasteiger partial charge in [0.25, 0.3) is 5.91 Å². The van der Waals surface area contributed by atoms with Crippen LogP contribution in [0, 0.1) is 5.41 Å². The molecule has 4 heteroatoms.